The maximum absolute atomic E-state index is 13.0. The summed E-state index contributed by atoms with van der Waals surface area (Å²) in [5.41, 5.74) is 4.04. The summed E-state index contributed by atoms with van der Waals surface area (Å²) in [5.74, 6) is 2.22. The lowest BCUT2D eigenvalue weighted by atomic mass is 10.0. The van der Waals surface area contributed by atoms with Crippen LogP contribution in [0, 0.1) is 6.92 Å². The molecule has 0 fully saturated rings. The zero-order valence-corrected chi connectivity index (χ0v) is 17.6. The molecule has 5 heteroatoms. The van der Waals surface area contributed by atoms with Gasteiger partial charge in [-0.2, -0.15) is 0 Å². The molecule has 0 bridgehead atoms. The van der Waals surface area contributed by atoms with Gasteiger partial charge in [0.2, 0.25) is 0 Å². The van der Waals surface area contributed by atoms with Crippen molar-refractivity contribution in [3.8, 4) is 11.6 Å². The van der Waals surface area contributed by atoms with Crippen molar-refractivity contribution in [2.45, 2.75) is 13.5 Å². The van der Waals surface area contributed by atoms with E-state index in [1.54, 1.807) is 0 Å². The quantitative estimate of drug-likeness (QED) is 0.300. The number of rotatable bonds is 5. The molecule has 152 valence electrons. The number of halogens is 1. The number of furan rings is 1. The van der Waals surface area contributed by atoms with Crippen LogP contribution in [-0.2, 0) is 6.54 Å². The van der Waals surface area contributed by atoms with Crippen molar-refractivity contribution in [3.63, 3.8) is 0 Å². The van der Waals surface area contributed by atoms with Crippen molar-refractivity contribution in [1.82, 2.24) is 9.55 Å². The van der Waals surface area contributed by atoms with Gasteiger partial charge in [0.25, 0.3) is 0 Å². The molecule has 5 aromatic rings. The van der Waals surface area contributed by atoms with E-state index in [1.165, 1.54) is 0 Å². The van der Waals surface area contributed by atoms with Gasteiger partial charge in [-0.1, -0.05) is 54.1 Å². The van der Waals surface area contributed by atoms with Crippen molar-refractivity contribution < 1.29 is 9.21 Å². The monoisotopic (exact) mass is 426 g/mol. The molecule has 4 nitrogen and oxygen atoms in total. The fraction of sp³-hybridized carbons (Fsp3) is 0.0769. The van der Waals surface area contributed by atoms with Crippen molar-refractivity contribution in [2.75, 3.05) is 0 Å². The smallest absolute Gasteiger partial charge is 0.193 e. The number of aromatic nitrogens is 2. The number of carbonyl (C=O) groups excluding carboxylic acids is 1. The number of hydrogen-bond acceptors (Lipinski definition) is 3. The van der Waals surface area contributed by atoms with Crippen molar-refractivity contribution in [3.05, 3.63) is 112 Å². The van der Waals surface area contributed by atoms with Crippen LogP contribution in [0.1, 0.15) is 27.2 Å². The molecule has 0 unspecified atom stereocenters. The van der Waals surface area contributed by atoms with Gasteiger partial charge in [-0.25, -0.2) is 4.98 Å². The fourth-order valence-corrected chi connectivity index (χ4v) is 3.82. The van der Waals surface area contributed by atoms with Crippen LogP contribution in [-0.4, -0.2) is 15.3 Å². The summed E-state index contributed by atoms with van der Waals surface area (Å²) in [7, 11) is 0. The number of ketones is 1. The SMILES string of the molecule is Cc1ccc(-c2nc3ccc(C(=O)c4ccccc4)cc3n2Cc2ccc(Cl)cc2)o1. The summed E-state index contributed by atoms with van der Waals surface area (Å²) >= 11 is 6.06. The van der Waals surface area contributed by atoms with E-state index in [-0.39, 0.29) is 5.78 Å². The summed E-state index contributed by atoms with van der Waals surface area (Å²) < 4.78 is 7.95. The van der Waals surface area contributed by atoms with Crippen LogP contribution < -0.4 is 0 Å². The van der Waals surface area contributed by atoms with Gasteiger partial charge in [0.05, 0.1) is 11.0 Å². The van der Waals surface area contributed by atoms with Gasteiger partial charge in [-0.15, -0.1) is 0 Å². The molecule has 2 heterocycles. The molecular formula is C26H19ClN2O2. The minimum Gasteiger partial charge on any atom is -0.458 e. The number of carbonyl (C=O) groups is 1. The van der Waals surface area contributed by atoms with E-state index >= 15 is 0 Å². The van der Waals surface area contributed by atoms with Crippen LogP contribution >= 0.6 is 11.6 Å². The van der Waals surface area contributed by atoms with Gasteiger partial charge >= 0.3 is 0 Å². The van der Waals surface area contributed by atoms with E-state index in [4.69, 9.17) is 21.0 Å². The van der Waals surface area contributed by atoms with Crippen molar-refractivity contribution in [1.29, 1.82) is 0 Å². The normalized spacial score (nSPS) is 11.2. The zero-order chi connectivity index (χ0) is 21.4. The highest BCUT2D eigenvalue weighted by Crippen LogP contribution is 2.29. The van der Waals surface area contributed by atoms with Crippen LogP contribution in [0.4, 0.5) is 0 Å². The molecule has 0 spiro atoms. The predicted molar refractivity (Wildman–Crippen MR) is 123 cm³/mol. The number of imidazole rings is 1. The molecule has 0 saturated carbocycles. The Morgan fingerprint density at radius 3 is 2.42 bits per heavy atom. The van der Waals surface area contributed by atoms with Crippen molar-refractivity contribution in [2.24, 2.45) is 0 Å². The first-order chi connectivity index (χ1) is 15.1. The average molecular weight is 427 g/mol. The summed E-state index contributed by atoms with van der Waals surface area (Å²) in [6.07, 6.45) is 0. The molecular weight excluding hydrogens is 408 g/mol. The molecule has 0 atom stereocenters. The van der Waals surface area contributed by atoms with E-state index in [1.807, 2.05) is 91.9 Å². The van der Waals surface area contributed by atoms with Crippen LogP contribution in [0.2, 0.25) is 5.02 Å². The lowest BCUT2D eigenvalue weighted by Crippen LogP contribution is -2.04. The Balaban J connectivity index is 1.65. The standard InChI is InChI=1S/C26H19ClN2O2/c1-17-7-14-24(31-17)26-28-22-13-10-20(25(30)19-5-3-2-4-6-19)15-23(22)29(26)16-18-8-11-21(27)12-9-18/h2-15H,16H2,1H3. The van der Waals surface area contributed by atoms with E-state index in [9.17, 15) is 4.79 Å². The van der Waals surface area contributed by atoms with E-state index in [0.29, 0.717) is 28.5 Å². The van der Waals surface area contributed by atoms with E-state index < -0.39 is 0 Å². The topological polar surface area (TPSA) is 48.0 Å². The summed E-state index contributed by atoms with van der Waals surface area (Å²) in [4.78, 5) is 17.8. The van der Waals surface area contributed by atoms with Gasteiger partial charge in [0.1, 0.15) is 5.76 Å². The van der Waals surface area contributed by atoms with Crippen LogP contribution in [0.15, 0.2) is 89.3 Å². The maximum atomic E-state index is 13.0. The zero-order valence-electron chi connectivity index (χ0n) is 16.9. The Hall–Kier alpha value is -3.63. The van der Waals surface area contributed by atoms with Crippen molar-refractivity contribution >= 4 is 28.4 Å². The van der Waals surface area contributed by atoms with Gasteiger partial charge < -0.3 is 8.98 Å². The van der Waals surface area contributed by atoms with Gasteiger partial charge in [-0.3, -0.25) is 4.79 Å². The minimum absolute atomic E-state index is 0.0165. The molecule has 5 rings (SSSR count). The largest absolute Gasteiger partial charge is 0.458 e. The first-order valence-electron chi connectivity index (χ1n) is 10.00. The molecule has 0 saturated heterocycles. The number of benzene rings is 3. The Bertz CT molecular complexity index is 1380. The minimum atomic E-state index is -0.0165. The molecule has 0 aliphatic rings. The van der Waals surface area contributed by atoms with Crippen LogP contribution in [0.25, 0.3) is 22.6 Å². The van der Waals surface area contributed by atoms with Crippen LogP contribution in [0.3, 0.4) is 0 Å². The number of nitrogens with zero attached hydrogens (tertiary/aromatic N) is 2. The maximum Gasteiger partial charge on any atom is 0.193 e. The Morgan fingerprint density at radius 2 is 1.71 bits per heavy atom. The Kier molecular flexibility index (Phi) is 4.92. The summed E-state index contributed by atoms with van der Waals surface area (Å²) in [5, 5.41) is 0.692. The predicted octanol–water partition coefficient (Wildman–Crippen LogP) is 6.54. The molecule has 0 radical (unpaired) electrons. The first-order valence-corrected chi connectivity index (χ1v) is 10.4. The van der Waals surface area contributed by atoms with E-state index in [2.05, 4.69) is 4.57 Å². The molecule has 0 amide bonds. The van der Waals surface area contributed by atoms with E-state index in [0.717, 1.165) is 28.2 Å². The third-order valence-electron chi connectivity index (χ3n) is 5.26. The molecule has 31 heavy (non-hydrogen) atoms. The highest BCUT2D eigenvalue weighted by atomic mass is 35.5. The molecule has 3 aromatic carbocycles. The lowest BCUT2D eigenvalue weighted by Gasteiger charge is -2.09. The number of aryl methyl sites for hydroxylation is 1. The van der Waals surface area contributed by atoms with Gasteiger partial charge in [-0.05, 0) is 55.0 Å². The molecule has 2 aromatic heterocycles. The average Bonchev–Trinajstić information content (AvgIpc) is 3.38. The molecule has 0 aliphatic carbocycles. The third kappa shape index (κ3) is 3.78. The summed E-state index contributed by atoms with van der Waals surface area (Å²) in [6, 6.07) is 26.5. The highest BCUT2D eigenvalue weighted by Gasteiger charge is 2.18. The second-order valence-electron chi connectivity index (χ2n) is 7.46. The first kappa shape index (κ1) is 19.3. The molecule has 0 aliphatic heterocycles. The Labute approximate surface area is 184 Å². The number of hydrogen-bond donors (Lipinski definition) is 0. The second kappa shape index (κ2) is 7.89. The molecule has 0 N–H and O–H groups in total. The van der Waals surface area contributed by atoms with Gasteiger partial charge in [0, 0.05) is 22.7 Å². The Morgan fingerprint density at radius 1 is 0.935 bits per heavy atom. The highest BCUT2D eigenvalue weighted by molar-refractivity contribution is 6.30. The fourth-order valence-electron chi connectivity index (χ4n) is 3.70. The van der Waals surface area contributed by atoms with Gasteiger partial charge in [0.15, 0.2) is 17.4 Å². The second-order valence-corrected chi connectivity index (χ2v) is 7.89. The van der Waals surface area contributed by atoms with Crippen LogP contribution in [0.5, 0.6) is 0 Å². The summed E-state index contributed by atoms with van der Waals surface area (Å²) in [6.45, 7) is 2.48. The number of fused-ring (bicyclic) bond motifs is 1. The third-order valence-corrected chi connectivity index (χ3v) is 5.51. The lowest BCUT2D eigenvalue weighted by molar-refractivity contribution is 0.103.